The van der Waals surface area contributed by atoms with E-state index in [2.05, 4.69) is 0 Å². The topological polar surface area (TPSA) is 54.4 Å². The number of hydrogen-bond acceptors (Lipinski definition) is 2. The van der Waals surface area contributed by atoms with E-state index in [1.165, 1.54) is 0 Å². The number of carboxylic acids is 1. The Morgan fingerprint density at radius 1 is 0.929 bits per heavy atom. The van der Waals surface area contributed by atoms with Crippen molar-refractivity contribution in [1.29, 1.82) is 0 Å². The average molecular weight is 196 g/mol. The van der Waals surface area contributed by atoms with Crippen molar-refractivity contribution in [1.82, 2.24) is 0 Å². The molecule has 3 rings (SSSR count). The minimum Gasteiger partial charge on any atom is -0.481 e. The van der Waals surface area contributed by atoms with E-state index in [4.69, 9.17) is 5.11 Å². The van der Waals surface area contributed by atoms with E-state index < -0.39 is 11.4 Å². The van der Waals surface area contributed by atoms with Crippen LogP contribution in [0.25, 0.3) is 0 Å². The molecule has 3 heteroatoms. The number of carboxylic acid groups (broad SMARTS) is 1. The van der Waals surface area contributed by atoms with Gasteiger partial charge >= 0.3 is 5.97 Å². The Kier molecular flexibility index (Phi) is 1.95. The van der Waals surface area contributed by atoms with Crippen molar-refractivity contribution in [3.05, 3.63) is 0 Å². The Labute approximate surface area is 83.5 Å². The van der Waals surface area contributed by atoms with Crippen molar-refractivity contribution in [3.63, 3.8) is 0 Å². The smallest absolute Gasteiger partial charge is 0.309 e. The molecule has 0 atom stereocenters. The van der Waals surface area contributed by atoms with Crippen LogP contribution in [0.15, 0.2) is 0 Å². The molecule has 2 bridgehead atoms. The maximum atomic E-state index is 11.5. The third-order valence-corrected chi connectivity index (χ3v) is 4.45. The number of ketones is 1. The summed E-state index contributed by atoms with van der Waals surface area (Å²) in [6.07, 6.45) is 4.45. The predicted octanol–water partition coefficient (Wildman–Crippen LogP) is 2.00. The zero-order valence-corrected chi connectivity index (χ0v) is 8.51. The standard InChI is InChI=1S/C11H16O3/c1-8(12)10-2-5-11(6-3-10,7-4-10)9(13)14/h2-7H2,1H3,(H,13,14). The number of rotatable bonds is 2. The number of aliphatic carboxylic acids is 1. The van der Waals surface area contributed by atoms with Gasteiger partial charge in [-0.3, -0.25) is 9.59 Å². The Bertz CT molecular complexity index is 238. The summed E-state index contributed by atoms with van der Waals surface area (Å²) >= 11 is 0. The van der Waals surface area contributed by atoms with E-state index in [1.54, 1.807) is 6.92 Å². The molecule has 0 spiro atoms. The molecule has 3 saturated carbocycles. The van der Waals surface area contributed by atoms with Gasteiger partial charge in [-0.25, -0.2) is 0 Å². The van der Waals surface area contributed by atoms with Crippen LogP contribution >= 0.6 is 0 Å². The summed E-state index contributed by atoms with van der Waals surface area (Å²) in [6, 6.07) is 0. The predicted molar refractivity (Wildman–Crippen MR) is 50.9 cm³/mol. The molecule has 0 radical (unpaired) electrons. The first kappa shape index (κ1) is 9.69. The highest BCUT2D eigenvalue weighted by atomic mass is 16.4. The van der Waals surface area contributed by atoms with Crippen LogP contribution in [0.4, 0.5) is 0 Å². The lowest BCUT2D eigenvalue weighted by Crippen LogP contribution is -2.48. The third-order valence-electron chi connectivity index (χ3n) is 4.45. The summed E-state index contributed by atoms with van der Waals surface area (Å²) in [5.41, 5.74) is -0.644. The molecule has 3 aliphatic carbocycles. The van der Waals surface area contributed by atoms with Gasteiger partial charge in [-0.2, -0.15) is 0 Å². The van der Waals surface area contributed by atoms with Gasteiger partial charge in [-0.05, 0) is 45.4 Å². The largest absolute Gasteiger partial charge is 0.481 e. The molecule has 0 saturated heterocycles. The van der Waals surface area contributed by atoms with E-state index in [9.17, 15) is 9.59 Å². The summed E-state index contributed by atoms with van der Waals surface area (Å²) in [4.78, 5) is 22.6. The fourth-order valence-electron chi connectivity index (χ4n) is 3.03. The van der Waals surface area contributed by atoms with E-state index in [0.717, 1.165) is 19.3 Å². The average Bonchev–Trinajstić information content (AvgIpc) is 2.20. The molecule has 14 heavy (non-hydrogen) atoms. The number of Topliss-reactive ketones (excluding diaryl/α,β-unsaturated/α-hetero) is 1. The van der Waals surface area contributed by atoms with Crippen LogP contribution in [0.5, 0.6) is 0 Å². The van der Waals surface area contributed by atoms with Gasteiger partial charge in [-0.15, -0.1) is 0 Å². The molecular formula is C11H16O3. The lowest BCUT2D eigenvalue weighted by molar-refractivity contribution is -0.162. The molecule has 78 valence electrons. The second-order valence-electron chi connectivity index (χ2n) is 4.92. The maximum Gasteiger partial charge on any atom is 0.309 e. The van der Waals surface area contributed by atoms with Gasteiger partial charge in [0.25, 0.3) is 0 Å². The van der Waals surface area contributed by atoms with Crippen molar-refractivity contribution in [3.8, 4) is 0 Å². The lowest BCUT2D eigenvalue weighted by atomic mass is 9.52. The summed E-state index contributed by atoms with van der Waals surface area (Å²) in [7, 11) is 0. The summed E-state index contributed by atoms with van der Waals surface area (Å²) in [5.74, 6) is -0.398. The number of fused-ring (bicyclic) bond motifs is 3. The highest BCUT2D eigenvalue weighted by Crippen LogP contribution is 2.57. The first-order chi connectivity index (χ1) is 6.51. The van der Waals surface area contributed by atoms with Crippen LogP contribution < -0.4 is 0 Å². The molecule has 3 nitrogen and oxygen atoms in total. The first-order valence-electron chi connectivity index (χ1n) is 5.25. The van der Waals surface area contributed by atoms with Crippen LogP contribution in [0.3, 0.4) is 0 Å². The second-order valence-corrected chi connectivity index (χ2v) is 4.92. The summed E-state index contributed by atoms with van der Waals surface area (Å²) < 4.78 is 0. The fraction of sp³-hybridized carbons (Fsp3) is 0.818. The Morgan fingerprint density at radius 3 is 1.57 bits per heavy atom. The second kappa shape index (κ2) is 2.81. The number of hydrogen-bond donors (Lipinski definition) is 1. The zero-order chi connectivity index (χ0) is 10.4. The van der Waals surface area contributed by atoms with Crippen LogP contribution in [-0.2, 0) is 9.59 Å². The van der Waals surface area contributed by atoms with Gasteiger partial charge < -0.3 is 5.11 Å². The van der Waals surface area contributed by atoms with Gasteiger partial charge in [0.15, 0.2) is 0 Å². The number of carbonyl (C=O) groups is 2. The highest BCUT2D eigenvalue weighted by Gasteiger charge is 2.54. The van der Waals surface area contributed by atoms with Gasteiger partial charge in [0.05, 0.1) is 5.41 Å². The van der Waals surface area contributed by atoms with Gasteiger partial charge in [0.2, 0.25) is 0 Å². The van der Waals surface area contributed by atoms with E-state index in [0.29, 0.717) is 19.3 Å². The van der Waals surface area contributed by atoms with Crippen molar-refractivity contribution in [2.24, 2.45) is 10.8 Å². The first-order valence-corrected chi connectivity index (χ1v) is 5.25. The van der Waals surface area contributed by atoms with Gasteiger partial charge in [-0.1, -0.05) is 0 Å². The van der Waals surface area contributed by atoms with Gasteiger partial charge in [0, 0.05) is 5.41 Å². The molecule has 0 heterocycles. The SMILES string of the molecule is CC(=O)C12CCC(C(=O)O)(CC1)CC2. The Morgan fingerprint density at radius 2 is 1.29 bits per heavy atom. The van der Waals surface area contributed by atoms with Crippen molar-refractivity contribution in [2.75, 3.05) is 0 Å². The monoisotopic (exact) mass is 196 g/mol. The van der Waals surface area contributed by atoms with E-state index in [-0.39, 0.29) is 11.2 Å². The van der Waals surface area contributed by atoms with Crippen LogP contribution in [-0.4, -0.2) is 16.9 Å². The molecule has 3 fully saturated rings. The summed E-state index contributed by atoms with van der Waals surface area (Å²) in [5, 5.41) is 9.15. The van der Waals surface area contributed by atoms with Gasteiger partial charge in [0.1, 0.15) is 5.78 Å². The molecule has 0 amide bonds. The molecule has 0 aromatic rings. The normalized spacial score (nSPS) is 40.9. The molecule has 0 aromatic carbocycles. The number of carbonyl (C=O) groups excluding carboxylic acids is 1. The maximum absolute atomic E-state index is 11.5. The minimum absolute atomic E-state index is 0.156. The zero-order valence-electron chi connectivity index (χ0n) is 8.51. The molecular weight excluding hydrogens is 180 g/mol. The Hall–Kier alpha value is -0.860. The van der Waals surface area contributed by atoms with Crippen LogP contribution in [0.2, 0.25) is 0 Å². The highest BCUT2D eigenvalue weighted by molar-refractivity contribution is 5.84. The third kappa shape index (κ3) is 1.11. The quantitative estimate of drug-likeness (QED) is 0.734. The fourth-order valence-corrected chi connectivity index (χ4v) is 3.03. The summed E-state index contributed by atoms with van der Waals surface area (Å²) in [6.45, 7) is 1.65. The van der Waals surface area contributed by atoms with E-state index >= 15 is 0 Å². The molecule has 0 aromatic heterocycles. The Balaban J connectivity index is 2.21. The molecule has 0 aliphatic heterocycles. The van der Waals surface area contributed by atoms with Crippen molar-refractivity contribution < 1.29 is 14.7 Å². The van der Waals surface area contributed by atoms with Crippen molar-refractivity contribution >= 4 is 11.8 Å². The molecule has 0 unspecified atom stereocenters. The lowest BCUT2D eigenvalue weighted by Gasteiger charge is -2.50. The molecule has 1 N–H and O–H groups in total. The van der Waals surface area contributed by atoms with Crippen LogP contribution in [0.1, 0.15) is 45.4 Å². The van der Waals surface area contributed by atoms with Crippen LogP contribution in [0, 0.1) is 10.8 Å². The van der Waals surface area contributed by atoms with E-state index in [1.807, 2.05) is 0 Å². The van der Waals surface area contributed by atoms with Crippen molar-refractivity contribution in [2.45, 2.75) is 45.4 Å². The molecule has 3 aliphatic rings. The minimum atomic E-state index is -0.658.